The molecule has 33 heavy (non-hydrogen) atoms. The predicted octanol–water partition coefficient (Wildman–Crippen LogP) is 8.72. The Kier molecular flexibility index (Phi) is 7.02. The van der Waals surface area contributed by atoms with Crippen LogP contribution in [0.25, 0.3) is 33.0 Å². The number of unbranched alkanes of at least 4 members (excludes halogenated alkanes) is 3. The van der Waals surface area contributed by atoms with E-state index in [2.05, 4.69) is 25.1 Å². The Hall–Kier alpha value is -3.27. The molecule has 0 heterocycles. The van der Waals surface area contributed by atoms with Crippen molar-refractivity contribution in [3.63, 3.8) is 0 Å². The third kappa shape index (κ3) is 5.05. The summed E-state index contributed by atoms with van der Waals surface area (Å²) in [6, 6.07) is 18.7. The fourth-order valence-corrected chi connectivity index (χ4v) is 4.22. The van der Waals surface area contributed by atoms with Gasteiger partial charge in [0, 0.05) is 0 Å². The van der Waals surface area contributed by atoms with E-state index in [1.807, 2.05) is 18.2 Å². The molecule has 4 aromatic carbocycles. The van der Waals surface area contributed by atoms with Gasteiger partial charge in [0.05, 0.1) is 12.7 Å². The van der Waals surface area contributed by atoms with Crippen LogP contribution in [-0.2, 0) is 6.42 Å². The Bertz CT molecular complexity index is 1260. The average molecular weight is 449 g/mol. The van der Waals surface area contributed by atoms with Crippen molar-refractivity contribution < 1.29 is 17.9 Å². The quantitative estimate of drug-likeness (QED) is 0.245. The molecule has 0 aliphatic rings. The van der Waals surface area contributed by atoms with Crippen LogP contribution in [0.2, 0.25) is 0 Å². The van der Waals surface area contributed by atoms with Gasteiger partial charge < -0.3 is 4.74 Å². The summed E-state index contributed by atoms with van der Waals surface area (Å²) in [5.41, 5.74) is 2.34. The minimum atomic E-state index is -0.739. The first-order chi connectivity index (χ1) is 16.0. The van der Waals surface area contributed by atoms with E-state index in [0.29, 0.717) is 5.56 Å². The van der Waals surface area contributed by atoms with Gasteiger partial charge in [-0.1, -0.05) is 62.6 Å². The highest BCUT2D eigenvalue weighted by atomic mass is 19.1. The summed E-state index contributed by atoms with van der Waals surface area (Å²) in [4.78, 5) is 0. The number of benzene rings is 4. The first kappa shape index (κ1) is 22.9. The fraction of sp³-hybridized carbons (Fsp3) is 0.241. The molecule has 0 amide bonds. The lowest BCUT2D eigenvalue weighted by atomic mass is 9.96. The molecule has 0 radical (unpaired) electrons. The van der Waals surface area contributed by atoms with Crippen LogP contribution in [-0.4, -0.2) is 7.11 Å². The van der Waals surface area contributed by atoms with Crippen molar-refractivity contribution in [1.29, 1.82) is 0 Å². The first-order valence-corrected chi connectivity index (χ1v) is 11.4. The van der Waals surface area contributed by atoms with Crippen molar-refractivity contribution in [1.82, 2.24) is 0 Å². The molecule has 0 aliphatic carbocycles. The Labute approximate surface area is 192 Å². The normalized spacial score (nSPS) is 11.2. The van der Waals surface area contributed by atoms with Crippen LogP contribution in [0.4, 0.5) is 13.2 Å². The molecule has 170 valence electrons. The lowest BCUT2D eigenvalue weighted by Gasteiger charge is -2.11. The number of ether oxygens (including phenoxy) is 1. The smallest absolute Gasteiger partial charge is 0.165 e. The van der Waals surface area contributed by atoms with Gasteiger partial charge in [-0.15, -0.1) is 0 Å². The molecule has 0 N–H and O–H groups in total. The highest BCUT2D eigenvalue weighted by Crippen LogP contribution is 2.34. The van der Waals surface area contributed by atoms with E-state index in [0.717, 1.165) is 28.8 Å². The molecule has 0 fully saturated rings. The SMILES string of the molecule is CCCCCCc1ccc2cc(-c3cc(F)c(-c4ccc(OC)c(F)c4)c(F)c3)ccc2c1. The largest absolute Gasteiger partial charge is 0.494 e. The summed E-state index contributed by atoms with van der Waals surface area (Å²) < 4.78 is 48.8. The van der Waals surface area contributed by atoms with E-state index < -0.39 is 17.5 Å². The van der Waals surface area contributed by atoms with Crippen molar-refractivity contribution in [2.75, 3.05) is 7.11 Å². The zero-order valence-electron chi connectivity index (χ0n) is 18.9. The van der Waals surface area contributed by atoms with Gasteiger partial charge in [-0.2, -0.15) is 0 Å². The summed E-state index contributed by atoms with van der Waals surface area (Å²) in [5, 5.41) is 2.13. The van der Waals surface area contributed by atoms with Crippen molar-refractivity contribution in [2.45, 2.75) is 39.0 Å². The second-order valence-corrected chi connectivity index (χ2v) is 8.37. The van der Waals surface area contributed by atoms with E-state index in [4.69, 9.17) is 4.74 Å². The number of fused-ring (bicyclic) bond motifs is 1. The number of hydrogen-bond donors (Lipinski definition) is 0. The molecule has 4 aromatic rings. The number of hydrogen-bond acceptors (Lipinski definition) is 1. The topological polar surface area (TPSA) is 9.23 Å². The maximum absolute atomic E-state index is 14.9. The van der Waals surface area contributed by atoms with Gasteiger partial charge in [-0.25, -0.2) is 13.2 Å². The maximum Gasteiger partial charge on any atom is 0.165 e. The van der Waals surface area contributed by atoms with Crippen LogP contribution in [0.3, 0.4) is 0 Å². The monoisotopic (exact) mass is 448 g/mol. The molecule has 4 rings (SSSR count). The van der Waals surface area contributed by atoms with E-state index in [-0.39, 0.29) is 16.9 Å². The highest BCUT2D eigenvalue weighted by molar-refractivity contribution is 5.88. The molecule has 0 saturated carbocycles. The summed E-state index contributed by atoms with van der Waals surface area (Å²) >= 11 is 0. The van der Waals surface area contributed by atoms with Crippen LogP contribution < -0.4 is 4.74 Å². The second-order valence-electron chi connectivity index (χ2n) is 8.37. The summed E-state index contributed by atoms with van der Waals surface area (Å²) in [6.07, 6.45) is 5.96. The molecule has 4 heteroatoms. The fourth-order valence-electron chi connectivity index (χ4n) is 4.22. The Morgan fingerprint density at radius 3 is 2.00 bits per heavy atom. The van der Waals surface area contributed by atoms with Crippen molar-refractivity contribution >= 4 is 10.8 Å². The third-order valence-corrected chi connectivity index (χ3v) is 6.04. The van der Waals surface area contributed by atoms with Gasteiger partial charge in [0.15, 0.2) is 11.6 Å². The molecule has 0 unspecified atom stereocenters. The van der Waals surface area contributed by atoms with E-state index in [9.17, 15) is 13.2 Å². The van der Waals surface area contributed by atoms with Gasteiger partial charge >= 0.3 is 0 Å². The lowest BCUT2D eigenvalue weighted by molar-refractivity contribution is 0.386. The first-order valence-electron chi connectivity index (χ1n) is 11.4. The Balaban J connectivity index is 1.62. The molecule has 0 spiro atoms. The molecule has 0 aliphatic heterocycles. The predicted molar refractivity (Wildman–Crippen MR) is 129 cm³/mol. The zero-order chi connectivity index (χ0) is 23.4. The van der Waals surface area contributed by atoms with Gasteiger partial charge in [0.25, 0.3) is 0 Å². The van der Waals surface area contributed by atoms with Crippen LogP contribution in [0.15, 0.2) is 66.7 Å². The highest BCUT2D eigenvalue weighted by Gasteiger charge is 2.16. The number of halogens is 3. The van der Waals surface area contributed by atoms with Crippen molar-refractivity contribution in [2.24, 2.45) is 0 Å². The van der Waals surface area contributed by atoms with E-state index >= 15 is 0 Å². The lowest BCUT2D eigenvalue weighted by Crippen LogP contribution is -1.94. The number of aryl methyl sites for hydroxylation is 1. The number of methoxy groups -OCH3 is 1. The maximum atomic E-state index is 14.9. The van der Waals surface area contributed by atoms with E-state index in [1.54, 1.807) is 0 Å². The third-order valence-electron chi connectivity index (χ3n) is 6.04. The average Bonchev–Trinajstić information content (AvgIpc) is 2.81. The van der Waals surface area contributed by atoms with Gasteiger partial charge in [0.1, 0.15) is 11.6 Å². The zero-order valence-corrected chi connectivity index (χ0v) is 18.9. The van der Waals surface area contributed by atoms with Gasteiger partial charge in [-0.3, -0.25) is 0 Å². The van der Waals surface area contributed by atoms with Crippen LogP contribution in [0.5, 0.6) is 5.75 Å². The second kappa shape index (κ2) is 10.1. The van der Waals surface area contributed by atoms with Crippen LogP contribution in [0.1, 0.15) is 38.2 Å². The standard InChI is InChI=1S/C29H27F3O/c1-3-4-5-6-7-19-8-9-21-15-22(11-10-20(21)14-19)24-17-26(31)29(27(32)18-24)23-12-13-28(33-2)25(30)16-23/h8-18H,3-7H2,1-2H3. The molecular weight excluding hydrogens is 421 g/mol. The van der Waals surface area contributed by atoms with Crippen LogP contribution in [0, 0.1) is 17.5 Å². The van der Waals surface area contributed by atoms with Gasteiger partial charge in [-0.05, 0) is 76.2 Å². The molecular formula is C29H27F3O. The minimum absolute atomic E-state index is 0.0245. The summed E-state index contributed by atoms with van der Waals surface area (Å²) in [7, 11) is 1.34. The Morgan fingerprint density at radius 1 is 0.636 bits per heavy atom. The molecule has 0 bridgehead atoms. The summed E-state index contributed by atoms with van der Waals surface area (Å²) in [5.74, 6) is -2.12. The minimum Gasteiger partial charge on any atom is -0.494 e. The van der Waals surface area contributed by atoms with Crippen molar-refractivity contribution in [3.8, 4) is 28.0 Å². The van der Waals surface area contributed by atoms with E-state index in [1.165, 1.54) is 62.6 Å². The van der Waals surface area contributed by atoms with Crippen LogP contribution >= 0.6 is 0 Å². The Morgan fingerprint density at radius 2 is 1.30 bits per heavy atom. The van der Waals surface area contributed by atoms with Gasteiger partial charge in [0.2, 0.25) is 0 Å². The molecule has 0 aromatic heterocycles. The summed E-state index contributed by atoms with van der Waals surface area (Å²) in [6.45, 7) is 2.21. The molecule has 0 atom stereocenters. The molecule has 1 nitrogen and oxygen atoms in total. The number of rotatable bonds is 8. The molecule has 0 saturated heterocycles. The van der Waals surface area contributed by atoms with Crippen molar-refractivity contribution in [3.05, 3.63) is 89.7 Å².